The van der Waals surface area contributed by atoms with Gasteiger partial charge in [0.05, 0.1) is 11.4 Å². The van der Waals surface area contributed by atoms with Crippen LogP contribution in [0.15, 0.2) is 18.2 Å². The van der Waals surface area contributed by atoms with Crippen LogP contribution in [0.5, 0.6) is 0 Å². The van der Waals surface area contributed by atoms with Crippen molar-refractivity contribution < 1.29 is 14.3 Å². The Morgan fingerprint density at radius 2 is 2.14 bits per heavy atom. The Morgan fingerprint density at radius 3 is 2.77 bits per heavy atom. The van der Waals surface area contributed by atoms with E-state index in [2.05, 4.69) is 10.6 Å². The number of alkyl carbamates (subject to hydrolysis) is 1. The number of halogens is 1. The fourth-order valence-electron chi connectivity index (χ4n) is 2.15. The van der Waals surface area contributed by atoms with Gasteiger partial charge < -0.3 is 20.3 Å². The molecule has 0 radical (unpaired) electrons. The van der Waals surface area contributed by atoms with E-state index in [0.717, 1.165) is 5.69 Å². The minimum absolute atomic E-state index is 0.237. The molecule has 0 spiro atoms. The largest absolute Gasteiger partial charge is 0.444 e. The second kappa shape index (κ2) is 6.04. The minimum Gasteiger partial charge on any atom is -0.444 e. The van der Waals surface area contributed by atoms with Gasteiger partial charge in [-0.2, -0.15) is 0 Å². The lowest BCUT2D eigenvalue weighted by atomic mass is 10.2. The van der Waals surface area contributed by atoms with Crippen molar-refractivity contribution >= 4 is 35.0 Å². The Labute approximate surface area is 134 Å². The van der Waals surface area contributed by atoms with E-state index < -0.39 is 17.7 Å². The zero-order valence-corrected chi connectivity index (χ0v) is 13.8. The van der Waals surface area contributed by atoms with Crippen LogP contribution in [0.4, 0.5) is 16.2 Å². The smallest absolute Gasteiger partial charge is 0.408 e. The number of benzene rings is 1. The highest BCUT2D eigenvalue weighted by Gasteiger charge is 2.30. The van der Waals surface area contributed by atoms with Crippen LogP contribution in [0.25, 0.3) is 0 Å². The highest BCUT2D eigenvalue weighted by atomic mass is 35.5. The average molecular weight is 326 g/mol. The van der Waals surface area contributed by atoms with Gasteiger partial charge in [-0.3, -0.25) is 4.79 Å². The zero-order chi connectivity index (χ0) is 16.5. The molecule has 1 aromatic carbocycles. The van der Waals surface area contributed by atoms with Gasteiger partial charge in [0, 0.05) is 18.6 Å². The van der Waals surface area contributed by atoms with E-state index in [-0.39, 0.29) is 12.5 Å². The third-order valence-corrected chi connectivity index (χ3v) is 3.37. The van der Waals surface area contributed by atoms with Gasteiger partial charge in [-0.05, 0) is 39.0 Å². The first kappa shape index (κ1) is 16.4. The predicted octanol–water partition coefficient (Wildman–Crippen LogP) is 2.62. The van der Waals surface area contributed by atoms with Gasteiger partial charge in [-0.1, -0.05) is 11.6 Å². The normalized spacial score (nSPS) is 18.1. The molecule has 1 aliphatic rings. The van der Waals surface area contributed by atoms with E-state index in [1.54, 1.807) is 46.0 Å². The maximum atomic E-state index is 12.5. The molecule has 22 heavy (non-hydrogen) atoms. The van der Waals surface area contributed by atoms with E-state index in [1.807, 2.05) is 0 Å². The van der Waals surface area contributed by atoms with Crippen LogP contribution in [-0.4, -0.2) is 37.2 Å². The second-order valence-electron chi connectivity index (χ2n) is 6.14. The topological polar surface area (TPSA) is 70.7 Å². The van der Waals surface area contributed by atoms with E-state index in [1.165, 1.54) is 4.90 Å². The maximum absolute atomic E-state index is 12.5. The molecule has 0 bridgehead atoms. The van der Waals surface area contributed by atoms with Gasteiger partial charge >= 0.3 is 6.09 Å². The number of hydrogen-bond acceptors (Lipinski definition) is 4. The number of fused-ring (bicyclic) bond motifs is 1. The summed E-state index contributed by atoms with van der Waals surface area (Å²) in [5.74, 6) is -0.237. The van der Waals surface area contributed by atoms with E-state index in [0.29, 0.717) is 10.7 Å². The Balaban J connectivity index is 2.15. The van der Waals surface area contributed by atoms with Crippen LogP contribution in [0.2, 0.25) is 5.02 Å². The molecule has 2 amide bonds. The van der Waals surface area contributed by atoms with E-state index in [4.69, 9.17) is 16.3 Å². The number of nitrogens with zero attached hydrogens (tertiary/aromatic N) is 1. The van der Waals surface area contributed by atoms with Crippen molar-refractivity contribution in [3.63, 3.8) is 0 Å². The molecule has 0 unspecified atom stereocenters. The van der Waals surface area contributed by atoms with Crippen molar-refractivity contribution in [1.82, 2.24) is 5.32 Å². The van der Waals surface area contributed by atoms with Crippen molar-refractivity contribution in [1.29, 1.82) is 0 Å². The van der Waals surface area contributed by atoms with E-state index in [9.17, 15) is 9.59 Å². The lowest BCUT2D eigenvalue weighted by Gasteiger charge is -2.24. The molecule has 120 valence electrons. The third kappa shape index (κ3) is 3.82. The summed E-state index contributed by atoms with van der Waals surface area (Å²) in [6.07, 6.45) is -0.620. The summed E-state index contributed by atoms with van der Waals surface area (Å²) in [5, 5.41) is 6.28. The molecule has 0 aromatic heterocycles. The van der Waals surface area contributed by atoms with Crippen LogP contribution < -0.4 is 15.5 Å². The molecule has 0 fully saturated rings. The Hall–Kier alpha value is -1.95. The summed E-state index contributed by atoms with van der Waals surface area (Å²) in [4.78, 5) is 25.8. The molecule has 0 aliphatic carbocycles. The lowest BCUT2D eigenvalue weighted by Crippen LogP contribution is -2.50. The molecule has 1 aliphatic heterocycles. The van der Waals surface area contributed by atoms with Crippen molar-refractivity contribution in [2.45, 2.75) is 32.4 Å². The van der Waals surface area contributed by atoms with Crippen molar-refractivity contribution in [2.75, 3.05) is 23.8 Å². The summed E-state index contributed by atoms with van der Waals surface area (Å²) in [5.41, 5.74) is 0.841. The Kier molecular flexibility index (Phi) is 4.51. The summed E-state index contributed by atoms with van der Waals surface area (Å²) < 4.78 is 5.19. The zero-order valence-electron chi connectivity index (χ0n) is 13.1. The number of nitrogens with one attached hydrogen (secondary N) is 2. The molecule has 2 N–H and O–H groups in total. The summed E-state index contributed by atoms with van der Waals surface area (Å²) in [6.45, 7) is 5.58. The number of amides is 2. The number of ether oxygens (including phenoxy) is 1. The molecule has 0 saturated carbocycles. The third-order valence-electron chi connectivity index (χ3n) is 3.14. The first-order valence-electron chi connectivity index (χ1n) is 6.98. The number of rotatable bonds is 1. The molecule has 1 atom stereocenters. The number of hydrogen-bond donors (Lipinski definition) is 2. The lowest BCUT2D eigenvalue weighted by molar-refractivity contribution is -0.120. The van der Waals surface area contributed by atoms with Gasteiger partial charge in [0.1, 0.15) is 11.6 Å². The SMILES string of the molecule is CN1C(=O)[C@H](NC(=O)OC(C)(C)C)CNc2ccc(Cl)cc21. The summed E-state index contributed by atoms with van der Waals surface area (Å²) in [6, 6.07) is 4.54. The monoisotopic (exact) mass is 325 g/mol. The summed E-state index contributed by atoms with van der Waals surface area (Å²) in [7, 11) is 1.65. The van der Waals surface area contributed by atoms with Gasteiger partial charge in [-0.15, -0.1) is 0 Å². The predicted molar refractivity (Wildman–Crippen MR) is 86.5 cm³/mol. The number of likely N-dealkylation sites (N-methyl/N-ethyl adjacent to an activating group) is 1. The highest BCUT2D eigenvalue weighted by Crippen LogP contribution is 2.30. The van der Waals surface area contributed by atoms with Crippen LogP contribution in [-0.2, 0) is 9.53 Å². The number of carbonyl (C=O) groups is 2. The molecule has 7 heteroatoms. The summed E-state index contributed by atoms with van der Waals surface area (Å²) >= 11 is 5.98. The highest BCUT2D eigenvalue weighted by molar-refractivity contribution is 6.31. The first-order chi connectivity index (χ1) is 10.2. The van der Waals surface area contributed by atoms with Gasteiger partial charge in [0.15, 0.2) is 0 Å². The van der Waals surface area contributed by atoms with Gasteiger partial charge in [0.2, 0.25) is 0 Å². The van der Waals surface area contributed by atoms with Crippen LogP contribution in [0, 0.1) is 0 Å². The molecule has 1 heterocycles. The Bertz CT molecular complexity index is 598. The standard InChI is InChI=1S/C15H20ClN3O3/c1-15(2,3)22-14(21)18-11-8-17-10-6-5-9(16)7-12(10)19(4)13(11)20/h5-7,11,17H,8H2,1-4H3,(H,18,21)/t11-/m1/s1. The molecule has 6 nitrogen and oxygen atoms in total. The second-order valence-corrected chi connectivity index (χ2v) is 6.57. The van der Waals surface area contributed by atoms with Crippen LogP contribution in [0.3, 0.4) is 0 Å². The quantitative estimate of drug-likeness (QED) is 0.832. The van der Waals surface area contributed by atoms with Crippen molar-refractivity contribution in [2.24, 2.45) is 0 Å². The molecular weight excluding hydrogens is 306 g/mol. The first-order valence-corrected chi connectivity index (χ1v) is 7.36. The molecular formula is C15H20ClN3O3. The maximum Gasteiger partial charge on any atom is 0.408 e. The average Bonchev–Trinajstić information content (AvgIpc) is 2.50. The molecule has 0 saturated heterocycles. The fourth-order valence-corrected chi connectivity index (χ4v) is 2.31. The number of carbonyl (C=O) groups excluding carboxylic acids is 2. The van der Waals surface area contributed by atoms with E-state index >= 15 is 0 Å². The van der Waals surface area contributed by atoms with Gasteiger partial charge in [0.25, 0.3) is 5.91 Å². The molecule has 1 aromatic rings. The van der Waals surface area contributed by atoms with Crippen molar-refractivity contribution in [3.8, 4) is 0 Å². The minimum atomic E-state index is -0.717. The van der Waals surface area contributed by atoms with Crippen LogP contribution >= 0.6 is 11.6 Å². The Morgan fingerprint density at radius 1 is 1.45 bits per heavy atom. The fraction of sp³-hybridized carbons (Fsp3) is 0.467. The molecule has 2 rings (SSSR count). The van der Waals surface area contributed by atoms with Crippen LogP contribution in [0.1, 0.15) is 20.8 Å². The number of anilines is 2. The van der Waals surface area contributed by atoms with Gasteiger partial charge in [-0.25, -0.2) is 4.79 Å². The van der Waals surface area contributed by atoms with Crippen molar-refractivity contribution in [3.05, 3.63) is 23.2 Å².